The monoisotopic (exact) mass is 540 g/mol. The fourth-order valence-electron chi connectivity index (χ4n) is 5.07. The molecule has 4 rings (SSSR count). The van der Waals surface area contributed by atoms with Gasteiger partial charge in [-0.25, -0.2) is 4.39 Å². The van der Waals surface area contributed by atoms with Crippen LogP contribution in [0.3, 0.4) is 0 Å². The van der Waals surface area contributed by atoms with Crippen molar-refractivity contribution in [3.05, 3.63) is 82.2 Å². The summed E-state index contributed by atoms with van der Waals surface area (Å²) < 4.78 is 25.2. The van der Waals surface area contributed by atoms with E-state index in [-0.39, 0.29) is 31.9 Å². The molecule has 208 valence electrons. The van der Waals surface area contributed by atoms with E-state index < -0.39 is 41.8 Å². The Morgan fingerprint density at radius 3 is 2.49 bits per heavy atom. The van der Waals surface area contributed by atoms with Gasteiger partial charge < -0.3 is 35.0 Å². The molecule has 4 unspecified atom stereocenters. The molecule has 39 heavy (non-hydrogen) atoms. The van der Waals surface area contributed by atoms with Gasteiger partial charge in [0.1, 0.15) is 18.0 Å². The fraction of sp³-hybridized carbons (Fsp3) is 0.379. The van der Waals surface area contributed by atoms with E-state index in [4.69, 9.17) is 9.47 Å². The highest BCUT2D eigenvalue weighted by Crippen LogP contribution is 2.51. The first-order valence-electron chi connectivity index (χ1n) is 12.7. The minimum atomic E-state index is -1.26. The number of allylic oxidation sites excluding steroid dienone is 1. The number of carbonyl (C=O) groups is 2. The number of aliphatic hydroxyl groups excluding tert-OH is 3. The molecule has 1 aliphatic carbocycles. The number of hydrogen-bond acceptors (Lipinski definition) is 7. The smallest absolute Gasteiger partial charge is 0.247 e. The van der Waals surface area contributed by atoms with Gasteiger partial charge in [-0.3, -0.25) is 9.59 Å². The fourth-order valence-corrected chi connectivity index (χ4v) is 5.07. The number of fused-ring (bicyclic) bond motifs is 3. The van der Waals surface area contributed by atoms with Gasteiger partial charge in [0.2, 0.25) is 11.8 Å². The number of amides is 2. The number of nitrogens with zero attached hydrogens (tertiary/aromatic N) is 1. The molecule has 2 aromatic carbocycles. The molecule has 9 nitrogen and oxygen atoms in total. The van der Waals surface area contributed by atoms with E-state index in [0.29, 0.717) is 28.2 Å². The van der Waals surface area contributed by atoms with Gasteiger partial charge in [0.15, 0.2) is 11.5 Å². The van der Waals surface area contributed by atoms with Gasteiger partial charge in [-0.15, -0.1) is 0 Å². The summed E-state index contributed by atoms with van der Waals surface area (Å²) in [6.45, 7) is 3.04. The molecule has 0 fully saturated rings. The van der Waals surface area contributed by atoms with E-state index >= 15 is 0 Å². The molecule has 1 aliphatic heterocycles. The van der Waals surface area contributed by atoms with Crippen LogP contribution in [0.2, 0.25) is 0 Å². The second kappa shape index (κ2) is 12.0. The number of aliphatic hydroxyl groups is 3. The lowest BCUT2D eigenvalue weighted by Gasteiger charge is -2.40. The number of hydrogen-bond donors (Lipinski definition) is 4. The highest BCUT2D eigenvalue weighted by Gasteiger charge is 2.51. The van der Waals surface area contributed by atoms with Crippen molar-refractivity contribution >= 4 is 11.8 Å². The molecule has 0 spiro atoms. The minimum Gasteiger partial charge on any atom is -0.493 e. The Balaban J connectivity index is 1.83. The van der Waals surface area contributed by atoms with Crippen LogP contribution >= 0.6 is 0 Å². The highest BCUT2D eigenvalue weighted by atomic mass is 19.1. The predicted octanol–water partition coefficient (Wildman–Crippen LogP) is 1.94. The Labute approximate surface area is 226 Å². The van der Waals surface area contributed by atoms with Crippen LogP contribution in [0.15, 0.2) is 59.7 Å². The van der Waals surface area contributed by atoms with Crippen molar-refractivity contribution in [1.29, 1.82) is 0 Å². The zero-order valence-electron chi connectivity index (χ0n) is 22.1. The van der Waals surface area contributed by atoms with Crippen molar-refractivity contribution in [2.24, 2.45) is 0 Å². The molecule has 4 atom stereocenters. The molecule has 0 radical (unpaired) electrons. The minimum absolute atomic E-state index is 0.00445. The third-order valence-electron chi connectivity index (χ3n) is 6.82. The SMILES string of the molecule is COc1cc(CO)cc2c1OC1C2C(C(=O)NCCO)=CC(N(Cc2ccc(F)cc2)C(=O)C=C(C)C)C1O. The average molecular weight is 541 g/mol. The molecule has 0 saturated heterocycles. The van der Waals surface area contributed by atoms with Crippen molar-refractivity contribution in [1.82, 2.24) is 10.2 Å². The summed E-state index contributed by atoms with van der Waals surface area (Å²) in [6, 6.07) is 8.03. The van der Waals surface area contributed by atoms with Gasteiger partial charge in [-0.05, 0) is 55.3 Å². The zero-order chi connectivity index (χ0) is 28.3. The zero-order valence-corrected chi connectivity index (χ0v) is 22.1. The molecule has 0 saturated carbocycles. The Morgan fingerprint density at radius 1 is 1.15 bits per heavy atom. The van der Waals surface area contributed by atoms with Crippen molar-refractivity contribution in [3.63, 3.8) is 0 Å². The maximum Gasteiger partial charge on any atom is 0.247 e. The van der Waals surface area contributed by atoms with E-state index in [2.05, 4.69) is 5.32 Å². The summed E-state index contributed by atoms with van der Waals surface area (Å²) in [5.74, 6) is -1.35. The topological polar surface area (TPSA) is 129 Å². The molecule has 2 amide bonds. The molecule has 4 N–H and O–H groups in total. The maximum atomic E-state index is 13.6. The van der Waals surface area contributed by atoms with Crippen LogP contribution < -0.4 is 14.8 Å². The Morgan fingerprint density at radius 2 is 1.87 bits per heavy atom. The van der Waals surface area contributed by atoms with Crippen LogP contribution in [-0.4, -0.2) is 70.5 Å². The summed E-state index contributed by atoms with van der Waals surface area (Å²) >= 11 is 0. The summed E-state index contributed by atoms with van der Waals surface area (Å²) in [5, 5.41) is 33.4. The summed E-state index contributed by atoms with van der Waals surface area (Å²) in [7, 11) is 1.45. The lowest BCUT2D eigenvalue weighted by atomic mass is 9.77. The number of halogens is 1. The summed E-state index contributed by atoms with van der Waals surface area (Å²) in [6.07, 6.45) is 0.773. The number of benzene rings is 2. The van der Waals surface area contributed by atoms with Crippen LogP contribution in [0, 0.1) is 5.82 Å². The Kier molecular flexibility index (Phi) is 8.69. The second-order valence-corrected chi connectivity index (χ2v) is 9.83. The number of nitrogens with one attached hydrogen (secondary N) is 1. The van der Waals surface area contributed by atoms with E-state index in [1.165, 1.54) is 30.2 Å². The molecule has 2 aromatic rings. The third kappa shape index (κ3) is 5.83. The Hall–Kier alpha value is -3.73. The van der Waals surface area contributed by atoms with Crippen molar-refractivity contribution in [2.75, 3.05) is 20.3 Å². The maximum absolute atomic E-state index is 13.6. The first-order chi connectivity index (χ1) is 18.7. The predicted molar refractivity (Wildman–Crippen MR) is 140 cm³/mol. The number of ether oxygens (including phenoxy) is 2. The van der Waals surface area contributed by atoms with Gasteiger partial charge in [-0.1, -0.05) is 17.7 Å². The van der Waals surface area contributed by atoms with Gasteiger partial charge in [0.25, 0.3) is 0 Å². The Bertz CT molecular complexity index is 1290. The van der Waals surface area contributed by atoms with Crippen LogP contribution in [0.4, 0.5) is 4.39 Å². The second-order valence-electron chi connectivity index (χ2n) is 9.83. The number of carbonyl (C=O) groups excluding carboxylic acids is 2. The number of rotatable bonds is 9. The van der Waals surface area contributed by atoms with Gasteiger partial charge in [-0.2, -0.15) is 0 Å². The van der Waals surface area contributed by atoms with Crippen molar-refractivity contribution in [3.8, 4) is 11.5 Å². The van der Waals surface area contributed by atoms with Gasteiger partial charge in [0.05, 0.1) is 32.3 Å². The number of methoxy groups -OCH3 is 1. The third-order valence-corrected chi connectivity index (χ3v) is 6.82. The van der Waals surface area contributed by atoms with E-state index in [1.807, 2.05) is 0 Å². The molecular formula is C29H33FN2O7. The molecule has 0 aromatic heterocycles. The van der Waals surface area contributed by atoms with E-state index in [0.717, 1.165) is 5.57 Å². The molecule has 2 aliphatic rings. The molecule has 10 heteroatoms. The average Bonchev–Trinajstić information content (AvgIpc) is 3.31. The van der Waals surface area contributed by atoms with Gasteiger partial charge in [0, 0.05) is 30.3 Å². The van der Waals surface area contributed by atoms with Crippen LogP contribution in [0.25, 0.3) is 0 Å². The van der Waals surface area contributed by atoms with Crippen molar-refractivity contribution in [2.45, 2.75) is 51.2 Å². The molecule has 0 bridgehead atoms. The normalized spacial score (nSPS) is 21.2. The van der Waals surface area contributed by atoms with Crippen molar-refractivity contribution < 1.29 is 38.8 Å². The van der Waals surface area contributed by atoms with E-state index in [1.54, 1.807) is 44.2 Å². The standard InChI is InChI=1S/C29H33FN2O7/c1-16(2)10-24(35)32(14-17-4-6-19(30)7-5-17)22-13-21(29(37)31-8-9-33)25-20-11-18(15-34)12-23(38-3)27(20)39-28(25)26(22)36/h4-7,10-13,22,25-26,28,33-34,36H,8-9,14-15H2,1-3H3,(H,31,37). The molecular weight excluding hydrogens is 507 g/mol. The summed E-state index contributed by atoms with van der Waals surface area (Å²) in [5.41, 5.74) is 2.72. The first kappa shape index (κ1) is 28.3. The highest BCUT2D eigenvalue weighted by molar-refractivity contribution is 5.96. The summed E-state index contributed by atoms with van der Waals surface area (Å²) in [4.78, 5) is 28.2. The largest absolute Gasteiger partial charge is 0.493 e. The lowest BCUT2D eigenvalue weighted by Crippen LogP contribution is -2.55. The first-order valence-corrected chi connectivity index (χ1v) is 12.7. The van der Waals surface area contributed by atoms with Gasteiger partial charge >= 0.3 is 0 Å². The lowest BCUT2D eigenvalue weighted by molar-refractivity contribution is -0.133. The van der Waals surface area contributed by atoms with Crippen LogP contribution in [-0.2, 0) is 22.7 Å². The van der Waals surface area contributed by atoms with Crippen LogP contribution in [0.1, 0.15) is 36.5 Å². The van der Waals surface area contributed by atoms with E-state index in [9.17, 15) is 29.3 Å². The molecule has 1 heterocycles. The quantitative estimate of drug-likeness (QED) is 0.358. The van der Waals surface area contributed by atoms with Crippen LogP contribution in [0.5, 0.6) is 11.5 Å².